The van der Waals surface area contributed by atoms with Gasteiger partial charge in [0.2, 0.25) is 0 Å². The van der Waals surface area contributed by atoms with E-state index >= 15 is 0 Å². The fraction of sp³-hybridized carbons (Fsp3) is 0.333. The number of fused-ring (bicyclic) bond motifs is 1. The third-order valence-corrected chi connectivity index (χ3v) is 6.20. The standard InChI is InChI=1S/C16H18N4OS2.C2H2/c17-6-5-11-12(9-3-4-9)13-14(23-11)15(20-16(21)19-13)18-8-10-2-1-7-22-10;1-2/h1-2,7,9H,3-6,8,17H2,(H2,18,19,20,21);1-2H. The second kappa shape index (κ2) is 7.83. The Labute approximate surface area is 154 Å². The molecule has 1 aliphatic carbocycles. The minimum absolute atomic E-state index is 0.287. The molecule has 0 aliphatic heterocycles. The zero-order valence-corrected chi connectivity index (χ0v) is 15.4. The number of rotatable bonds is 6. The van der Waals surface area contributed by atoms with Gasteiger partial charge in [-0.2, -0.15) is 4.98 Å². The highest BCUT2D eigenvalue weighted by atomic mass is 32.1. The Balaban J connectivity index is 0.000000880. The second-order valence-corrected chi connectivity index (χ2v) is 7.92. The molecule has 0 amide bonds. The molecule has 1 fully saturated rings. The molecule has 0 unspecified atom stereocenters. The van der Waals surface area contributed by atoms with Gasteiger partial charge in [0.15, 0.2) is 5.82 Å². The topological polar surface area (TPSA) is 83.8 Å². The number of nitrogens with two attached hydrogens (primary N) is 1. The minimum Gasteiger partial charge on any atom is -0.364 e. The van der Waals surface area contributed by atoms with Gasteiger partial charge in [-0.1, -0.05) is 6.07 Å². The molecule has 0 atom stereocenters. The van der Waals surface area contributed by atoms with Crippen LogP contribution in [0.2, 0.25) is 0 Å². The maximum absolute atomic E-state index is 12.0. The predicted molar refractivity (Wildman–Crippen MR) is 107 cm³/mol. The number of aromatic nitrogens is 2. The highest BCUT2D eigenvalue weighted by Gasteiger charge is 2.30. The molecule has 7 heteroatoms. The highest BCUT2D eigenvalue weighted by molar-refractivity contribution is 7.19. The number of H-pyrrole nitrogens is 1. The van der Waals surface area contributed by atoms with Crippen LogP contribution in [-0.4, -0.2) is 16.5 Å². The molecule has 1 saturated carbocycles. The van der Waals surface area contributed by atoms with E-state index in [1.807, 2.05) is 11.4 Å². The molecule has 5 nitrogen and oxygen atoms in total. The maximum atomic E-state index is 12.0. The summed E-state index contributed by atoms with van der Waals surface area (Å²) in [6.07, 6.45) is 11.3. The number of anilines is 1. The van der Waals surface area contributed by atoms with E-state index in [0.29, 0.717) is 24.8 Å². The van der Waals surface area contributed by atoms with Crippen LogP contribution in [0.4, 0.5) is 5.82 Å². The third-order valence-electron chi connectivity index (χ3n) is 4.05. The van der Waals surface area contributed by atoms with Crippen molar-refractivity contribution < 1.29 is 0 Å². The Hall–Kier alpha value is -2.14. The number of thiophene rings is 2. The number of terminal acetylenes is 1. The molecule has 0 spiro atoms. The molecule has 3 heterocycles. The molecule has 0 aromatic carbocycles. The fourth-order valence-corrected chi connectivity index (χ4v) is 4.86. The lowest BCUT2D eigenvalue weighted by molar-refractivity contribution is 0.960. The average molecular weight is 373 g/mol. The van der Waals surface area contributed by atoms with Gasteiger partial charge in [-0.05, 0) is 48.7 Å². The molecule has 0 radical (unpaired) electrons. The molecule has 3 aromatic rings. The Kier molecular flexibility index (Phi) is 5.53. The largest absolute Gasteiger partial charge is 0.364 e. The van der Waals surface area contributed by atoms with Gasteiger partial charge in [0.25, 0.3) is 0 Å². The van der Waals surface area contributed by atoms with Crippen LogP contribution in [0.15, 0.2) is 22.3 Å². The van der Waals surface area contributed by atoms with E-state index in [4.69, 9.17) is 5.73 Å². The molecule has 25 heavy (non-hydrogen) atoms. The van der Waals surface area contributed by atoms with Gasteiger partial charge in [0.05, 0.1) is 16.8 Å². The van der Waals surface area contributed by atoms with Gasteiger partial charge in [-0.25, -0.2) is 4.79 Å². The summed E-state index contributed by atoms with van der Waals surface area (Å²) < 4.78 is 1.05. The van der Waals surface area contributed by atoms with E-state index in [0.717, 1.165) is 16.6 Å². The maximum Gasteiger partial charge on any atom is 0.347 e. The van der Waals surface area contributed by atoms with Crippen LogP contribution in [0, 0.1) is 12.8 Å². The molecular formula is C18H20N4OS2. The van der Waals surface area contributed by atoms with Crippen LogP contribution in [0.3, 0.4) is 0 Å². The summed E-state index contributed by atoms with van der Waals surface area (Å²) in [7, 11) is 0. The van der Waals surface area contributed by atoms with E-state index in [-0.39, 0.29) is 5.69 Å². The van der Waals surface area contributed by atoms with E-state index in [2.05, 4.69) is 34.2 Å². The van der Waals surface area contributed by atoms with Gasteiger partial charge < -0.3 is 16.0 Å². The van der Waals surface area contributed by atoms with Crippen molar-refractivity contribution in [3.05, 3.63) is 43.3 Å². The van der Waals surface area contributed by atoms with Crippen LogP contribution in [0.5, 0.6) is 0 Å². The van der Waals surface area contributed by atoms with E-state index in [9.17, 15) is 4.79 Å². The molecule has 3 aromatic heterocycles. The van der Waals surface area contributed by atoms with Gasteiger partial charge in [-0.3, -0.25) is 0 Å². The summed E-state index contributed by atoms with van der Waals surface area (Å²) in [6, 6.07) is 4.10. The normalized spacial score (nSPS) is 13.4. The predicted octanol–water partition coefficient (Wildman–Crippen LogP) is 3.29. The van der Waals surface area contributed by atoms with Crippen LogP contribution in [-0.2, 0) is 13.0 Å². The smallest absolute Gasteiger partial charge is 0.347 e. The van der Waals surface area contributed by atoms with Crippen LogP contribution in [0.25, 0.3) is 10.2 Å². The quantitative estimate of drug-likeness (QED) is 0.580. The van der Waals surface area contributed by atoms with E-state index < -0.39 is 0 Å². The molecular weight excluding hydrogens is 352 g/mol. The number of hydrogen-bond donors (Lipinski definition) is 3. The van der Waals surface area contributed by atoms with Crippen molar-refractivity contribution in [2.45, 2.75) is 31.7 Å². The summed E-state index contributed by atoms with van der Waals surface area (Å²) in [4.78, 5) is 21.6. The fourth-order valence-electron chi connectivity index (χ4n) is 2.89. The number of hydrogen-bond acceptors (Lipinski definition) is 6. The van der Waals surface area contributed by atoms with Crippen molar-refractivity contribution in [1.82, 2.24) is 9.97 Å². The molecule has 1 aliphatic rings. The van der Waals surface area contributed by atoms with Crippen LogP contribution < -0.4 is 16.7 Å². The van der Waals surface area contributed by atoms with E-state index in [1.54, 1.807) is 22.7 Å². The van der Waals surface area contributed by atoms with Crippen LogP contribution in [0.1, 0.15) is 34.1 Å². The second-order valence-electron chi connectivity index (χ2n) is 5.78. The zero-order chi connectivity index (χ0) is 17.8. The SMILES string of the molecule is C#C.NCCc1sc2c(NCc3cccs3)nc(=O)[nH]c2c1C1CC1. The lowest BCUT2D eigenvalue weighted by Crippen LogP contribution is -2.13. The number of nitrogens with one attached hydrogen (secondary N) is 2. The van der Waals surface area contributed by atoms with Crippen molar-refractivity contribution in [3.63, 3.8) is 0 Å². The highest BCUT2D eigenvalue weighted by Crippen LogP contribution is 2.48. The average Bonchev–Trinajstić information content (AvgIpc) is 3.18. The first-order chi connectivity index (χ1) is 12.3. The van der Waals surface area contributed by atoms with Crippen molar-refractivity contribution in [3.8, 4) is 12.8 Å². The van der Waals surface area contributed by atoms with Crippen LogP contribution >= 0.6 is 22.7 Å². The Morgan fingerprint density at radius 2 is 2.20 bits per heavy atom. The molecule has 0 bridgehead atoms. The van der Waals surface area contributed by atoms with Gasteiger partial charge in [0.1, 0.15) is 0 Å². The molecule has 4 N–H and O–H groups in total. The first-order valence-electron chi connectivity index (χ1n) is 8.11. The summed E-state index contributed by atoms with van der Waals surface area (Å²) in [5.74, 6) is 1.26. The zero-order valence-electron chi connectivity index (χ0n) is 13.7. The van der Waals surface area contributed by atoms with Crippen molar-refractivity contribution in [2.24, 2.45) is 5.73 Å². The number of aromatic amines is 1. The summed E-state index contributed by atoms with van der Waals surface area (Å²) >= 11 is 3.41. The first kappa shape index (κ1) is 17.7. The summed E-state index contributed by atoms with van der Waals surface area (Å²) in [5.41, 5.74) is 7.75. The molecule has 130 valence electrons. The van der Waals surface area contributed by atoms with E-state index in [1.165, 1.54) is 28.2 Å². The van der Waals surface area contributed by atoms with Crippen molar-refractivity contribution in [2.75, 3.05) is 11.9 Å². The lowest BCUT2D eigenvalue weighted by Gasteiger charge is -2.05. The molecule has 4 rings (SSSR count). The summed E-state index contributed by atoms with van der Waals surface area (Å²) in [6.45, 7) is 1.31. The lowest BCUT2D eigenvalue weighted by atomic mass is 10.1. The Bertz CT molecular complexity index is 920. The van der Waals surface area contributed by atoms with Crippen molar-refractivity contribution in [1.29, 1.82) is 0 Å². The minimum atomic E-state index is -0.287. The Morgan fingerprint density at radius 3 is 2.84 bits per heavy atom. The first-order valence-corrected chi connectivity index (χ1v) is 9.81. The van der Waals surface area contributed by atoms with Gasteiger partial charge in [0, 0.05) is 9.75 Å². The molecule has 0 saturated heterocycles. The summed E-state index contributed by atoms with van der Waals surface area (Å²) in [5, 5.41) is 5.38. The van der Waals surface area contributed by atoms with Gasteiger partial charge in [-0.15, -0.1) is 35.5 Å². The van der Waals surface area contributed by atoms with Crippen molar-refractivity contribution >= 4 is 38.7 Å². The van der Waals surface area contributed by atoms with Gasteiger partial charge >= 0.3 is 5.69 Å². The third kappa shape index (κ3) is 3.76. The monoisotopic (exact) mass is 372 g/mol. The Morgan fingerprint density at radius 1 is 1.40 bits per heavy atom. The number of nitrogens with zero attached hydrogens (tertiary/aromatic N) is 1.